The topological polar surface area (TPSA) is 29.9 Å². The summed E-state index contributed by atoms with van der Waals surface area (Å²) in [5.41, 5.74) is 2.52. The van der Waals surface area contributed by atoms with E-state index in [0.29, 0.717) is 6.04 Å². The van der Waals surface area contributed by atoms with Crippen molar-refractivity contribution in [1.29, 1.82) is 0 Å². The number of aryl methyl sites for hydroxylation is 2. The van der Waals surface area contributed by atoms with Crippen LogP contribution < -0.4 is 5.32 Å². The van der Waals surface area contributed by atoms with E-state index in [0.717, 1.165) is 24.5 Å². The average molecular weight is 278 g/mol. The molecule has 0 spiro atoms. The lowest BCUT2D eigenvalue weighted by molar-refractivity contribution is 0.554. The molecule has 0 saturated heterocycles. The van der Waals surface area contributed by atoms with Gasteiger partial charge in [-0.05, 0) is 24.1 Å². The van der Waals surface area contributed by atoms with Crippen LogP contribution in [0, 0.1) is 0 Å². The van der Waals surface area contributed by atoms with E-state index in [1.807, 2.05) is 24.7 Å². The minimum absolute atomic E-state index is 0.486. The van der Waals surface area contributed by atoms with Crippen LogP contribution in [0.4, 0.5) is 0 Å². The fourth-order valence-corrected chi connectivity index (χ4v) is 2.03. The zero-order valence-electron chi connectivity index (χ0n) is 11.4. The summed E-state index contributed by atoms with van der Waals surface area (Å²) >= 11 is 5.88. The highest BCUT2D eigenvalue weighted by Gasteiger charge is 2.03. The number of nitrogens with one attached hydrogen (secondary N) is 1. The summed E-state index contributed by atoms with van der Waals surface area (Å²) in [4.78, 5) is 4.23. The average Bonchev–Trinajstić information content (AvgIpc) is 2.83. The van der Waals surface area contributed by atoms with Gasteiger partial charge in [0.15, 0.2) is 0 Å². The molecule has 1 N–H and O–H groups in total. The number of imidazole rings is 1. The van der Waals surface area contributed by atoms with Gasteiger partial charge in [-0.3, -0.25) is 0 Å². The van der Waals surface area contributed by atoms with E-state index in [1.54, 1.807) is 0 Å². The number of benzene rings is 1. The maximum Gasteiger partial charge on any atom is 0.0948 e. The molecule has 1 aromatic heterocycles. The highest BCUT2D eigenvalue weighted by atomic mass is 35.5. The Hall–Kier alpha value is -1.32. The Morgan fingerprint density at radius 3 is 2.68 bits per heavy atom. The molecule has 1 heterocycles. The molecule has 0 aliphatic rings. The van der Waals surface area contributed by atoms with Crippen LogP contribution in [0.25, 0.3) is 0 Å². The second-order valence-electron chi connectivity index (χ2n) is 4.99. The normalized spacial score (nSPS) is 11.2. The molecular formula is C15H20ClN3. The summed E-state index contributed by atoms with van der Waals surface area (Å²) in [5.74, 6) is 0. The standard InChI is InChI=1S/C15H20ClN3/c1-12(2)18-10-15-9-17-11-19(15)8-7-13-3-5-14(16)6-4-13/h3-6,9,11-12,18H,7-8,10H2,1-2H3. The van der Waals surface area contributed by atoms with E-state index in [9.17, 15) is 0 Å². The minimum atomic E-state index is 0.486. The summed E-state index contributed by atoms with van der Waals surface area (Å²) < 4.78 is 2.20. The van der Waals surface area contributed by atoms with Crippen molar-refractivity contribution < 1.29 is 0 Å². The Bertz CT molecular complexity index is 502. The summed E-state index contributed by atoms with van der Waals surface area (Å²) in [5, 5.41) is 4.20. The van der Waals surface area contributed by atoms with Gasteiger partial charge in [-0.25, -0.2) is 4.98 Å². The van der Waals surface area contributed by atoms with Crippen LogP contribution in [0.2, 0.25) is 5.02 Å². The predicted octanol–water partition coefficient (Wildman–Crippen LogP) is 3.28. The Morgan fingerprint density at radius 1 is 1.26 bits per heavy atom. The lowest BCUT2D eigenvalue weighted by Crippen LogP contribution is -2.23. The van der Waals surface area contributed by atoms with Crippen molar-refractivity contribution in [3.63, 3.8) is 0 Å². The maximum absolute atomic E-state index is 5.88. The number of nitrogens with zero attached hydrogens (tertiary/aromatic N) is 2. The van der Waals surface area contributed by atoms with Crippen molar-refractivity contribution in [2.75, 3.05) is 0 Å². The van der Waals surface area contributed by atoms with Gasteiger partial charge in [-0.15, -0.1) is 0 Å². The third-order valence-corrected chi connectivity index (χ3v) is 3.30. The summed E-state index contributed by atoms with van der Waals surface area (Å²) in [6, 6.07) is 8.51. The van der Waals surface area contributed by atoms with Gasteiger partial charge in [0.25, 0.3) is 0 Å². The molecule has 3 nitrogen and oxygen atoms in total. The number of aromatic nitrogens is 2. The zero-order valence-corrected chi connectivity index (χ0v) is 12.2. The van der Waals surface area contributed by atoms with Crippen molar-refractivity contribution in [2.45, 2.75) is 39.4 Å². The molecule has 0 saturated carbocycles. The van der Waals surface area contributed by atoms with Crippen LogP contribution in [0.3, 0.4) is 0 Å². The zero-order chi connectivity index (χ0) is 13.7. The van der Waals surface area contributed by atoms with Crippen molar-refractivity contribution in [2.24, 2.45) is 0 Å². The van der Waals surface area contributed by atoms with Gasteiger partial charge < -0.3 is 9.88 Å². The SMILES string of the molecule is CC(C)NCc1cncn1CCc1ccc(Cl)cc1. The first-order valence-electron chi connectivity index (χ1n) is 6.62. The van der Waals surface area contributed by atoms with Gasteiger partial charge in [0.2, 0.25) is 0 Å². The third kappa shape index (κ3) is 4.37. The van der Waals surface area contributed by atoms with Crippen molar-refractivity contribution in [1.82, 2.24) is 14.9 Å². The van der Waals surface area contributed by atoms with Gasteiger partial charge in [0.1, 0.15) is 0 Å². The molecule has 2 aromatic rings. The van der Waals surface area contributed by atoms with Crippen LogP contribution >= 0.6 is 11.6 Å². The fourth-order valence-electron chi connectivity index (χ4n) is 1.91. The Balaban J connectivity index is 1.92. The van der Waals surface area contributed by atoms with Crippen LogP contribution in [-0.4, -0.2) is 15.6 Å². The molecule has 0 radical (unpaired) electrons. The van der Waals surface area contributed by atoms with E-state index in [2.05, 4.69) is 40.8 Å². The van der Waals surface area contributed by atoms with Gasteiger partial charge >= 0.3 is 0 Å². The van der Waals surface area contributed by atoms with Gasteiger partial charge in [0, 0.05) is 30.4 Å². The second kappa shape index (κ2) is 6.73. The Kier molecular flexibility index (Phi) is 5.00. The molecule has 0 aliphatic carbocycles. The van der Waals surface area contributed by atoms with E-state index in [-0.39, 0.29) is 0 Å². The van der Waals surface area contributed by atoms with E-state index in [1.165, 1.54) is 11.3 Å². The van der Waals surface area contributed by atoms with Crippen molar-refractivity contribution in [3.8, 4) is 0 Å². The molecular weight excluding hydrogens is 258 g/mol. The third-order valence-electron chi connectivity index (χ3n) is 3.04. The Morgan fingerprint density at radius 2 is 2.00 bits per heavy atom. The molecule has 0 atom stereocenters. The minimum Gasteiger partial charge on any atom is -0.333 e. The van der Waals surface area contributed by atoms with Crippen LogP contribution in [0.15, 0.2) is 36.8 Å². The molecule has 0 bridgehead atoms. The lowest BCUT2D eigenvalue weighted by atomic mass is 10.1. The molecule has 19 heavy (non-hydrogen) atoms. The fraction of sp³-hybridized carbons (Fsp3) is 0.400. The highest BCUT2D eigenvalue weighted by molar-refractivity contribution is 6.30. The monoisotopic (exact) mass is 277 g/mol. The first-order valence-corrected chi connectivity index (χ1v) is 7.00. The van der Waals surface area contributed by atoms with Crippen molar-refractivity contribution in [3.05, 3.63) is 53.1 Å². The first-order chi connectivity index (χ1) is 9.15. The van der Waals surface area contributed by atoms with Crippen LogP contribution in [-0.2, 0) is 19.5 Å². The molecule has 4 heteroatoms. The second-order valence-corrected chi connectivity index (χ2v) is 5.43. The molecule has 102 valence electrons. The molecule has 0 unspecified atom stereocenters. The maximum atomic E-state index is 5.88. The van der Waals surface area contributed by atoms with E-state index in [4.69, 9.17) is 11.6 Å². The molecule has 0 amide bonds. The van der Waals surface area contributed by atoms with Crippen LogP contribution in [0.5, 0.6) is 0 Å². The molecule has 0 aliphatic heterocycles. The molecule has 1 aromatic carbocycles. The highest BCUT2D eigenvalue weighted by Crippen LogP contribution is 2.11. The Labute approximate surface area is 119 Å². The number of hydrogen-bond acceptors (Lipinski definition) is 2. The number of halogens is 1. The number of hydrogen-bond donors (Lipinski definition) is 1. The number of rotatable bonds is 6. The van der Waals surface area contributed by atoms with Crippen LogP contribution in [0.1, 0.15) is 25.1 Å². The largest absolute Gasteiger partial charge is 0.333 e. The lowest BCUT2D eigenvalue weighted by Gasteiger charge is -2.11. The summed E-state index contributed by atoms with van der Waals surface area (Å²) in [6.07, 6.45) is 4.81. The quantitative estimate of drug-likeness (QED) is 0.878. The molecule has 0 fully saturated rings. The first kappa shape index (κ1) is 14.1. The van der Waals surface area contributed by atoms with E-state index >= 15 is 0 Å². The van der Waals surface area contributed by atoms with E-state index < -0.39 is 0 Å². The smallest absolute Gasteiger partial charge is 0.0948 e. The summed E-state index contributed by atoms with van der Waals surface area (Å²) in [6.45, 7) is 6.10. The summed E-state index contributed by atoms with van der Waals surface area (Å²) in [7, 11) is 0. The van der Waals surface area contributed by atoms with Crippen molar-refractivity contribution >= 4 is 11.6 Å². The van der Waals surface area contributed by atoms with Gasteiger partial charge in [-0.2, -0.15) is 0 Å². The molecule has 2 rings (SSSR count). The van der Waals surface area contributed by atoms with Gasteiger partial charge in [0.05, 0.1) is 12.0 Å². The van der Waals surface area contributed by atoms with Gasteiger partial charge in [-0.1, -0.05) is 37.6 Å². The predicted molar refractivity (Wildman–Crippen MR) is 79.4 cm³/mol.